The lowest BCUT2D eigenvalue weighted by Gasteiger charge is -2.17. The van der Waals surface area contributed by atoms with Crippen LogP contribution in [-0.4, -0.2) is 24.9 Å². The van der Waals surface area contributed by atoms with Crippen molar-refractivity contribution in [3.8, 4) is 0 Å². The van der Waals surface area contributed by atoms with Crippen LogP contribution in [-0.2, 0) is 11.2 Å². The van der Waals surface area contributed by atoms with Gasteiger partial charge in [-0.1, -0.05) is 38.6 Å². The zero-order chi connectivity index (χ0) is 11.4. The molecule has 0 bridgehead atoms. The number of hydrogen-bond acceptors (Lipinski definition) is 1. The molecule has 0 N–H and O–H groups in total. The molecule has 0 heterocycles. The van der Waals surface area contributed by atoms with Gasteiger partial charge in [0.2, 0.25) is 5.91 Å². The summed E-state index contributed by atoms with van der Waals surface area (Å²) in [6.45, 7) is 4.07. The van der Waals surface area contributed by atoms with Crippen molar-refractivity contribution in [3.63, 3.8) is 0 Å². The smallest absolute Gasteiger partial charge is 0.225 e. The van der Waals surface area contributed by atoms with Crippen LogP contribution in [0.5, 0.6) is 0 Å². The Kier molecular flexibility index (Phi) is 5.79. The molecule has 0 fully saturated rings. The molecule has 1 atom stereocenters. The Hall–Kier alpha value is -1.31. The van der Waals surface area contributed by atoms with E-state index in [0.717, 1.165) is 6.42 Å². The normalized spacial score (nSPS) is 11.5. The third kappa shape index (κ3) is 3.69. The predicted molar refractivity (Wildman–Crippen MR) is 69.5 cm³/mol. The number of aryl methyl sites for hydroxylation is 1. The Morgan fingerprint density at radius 2 is 1.88 bits per heavy atom. The highest BCUT2D eigenvalue weighted by Crippen LogP contribution is 2.14. The molecule has 1 aromatic rings. The highest BCUT2D eigenvalue weighted by molar-refractivity contribution is 5.78. The Labute approximate surface area is 99.3 Å². The average molecular weight is 221 g/mol. The quantitative estimate of drug-likeness (QED) is 0.768. The largest absolute Gasteiger partial charge is 0.349 e. The topological polar surface area (TPSA) is 20.3 Å². The van der Waals surface area contributed by atoms with Crippen molar-refractivity contribution in [2.75, 3.05) is 14.1 Å². The van der Waals surface area contributed by atoms with Gasteiger partial charge in [0.25, 0.3) is 0 Å². The van der Waals surface area contributed by atoms with Gasteiger partial charge in [-0.3, -0.25) is 4.79 Å². The molecule has 90 valence electrons. The fourth-order valence-electron chi connectivity index (χ4n) is 1.70. The Morgan fingerprint density at radius 1 is 1.31 bits per heavy atom. The van der Waals surface area contributed by atoms with Gasteiger partial charge in [-0.25, -0.2) is 0 Å². The number of nitrogens with zero attached hydrogens (tertiary/aromatic N) is 1. The number of carbonyl (C=O) groups excluding carboxylic acids is 1. The zero-order valence-electron chi connectivity index (χ0n) is 9.95. The van der Waals surface area contributed by atoms with Crippen molar-refractivity contribution in [2.45, 2.75) is 27.7 Å². The van der Waals surface area contributed by atoms with Gasteiger partial charge in [0.1, 0.15) is 0 Å². The molecule has 1 rings (SSSR count). The van der Waals surface area contributed by atoms with E-state index in [2.05, 4.69) is 19.1 Å². The molecule has 2 heteroatoms. The molecule has 1 unspecified atom stereocenters. The maximum atomic E-state index is 11.7. The number of hydrogen-bond donors (Lipinski definition) is 0. The van der Waals surface area contributed by atoms with Gasteiger partial charge in [-0.15, -0.1) is 0 Å². The van der Waals surface area contributed by atoms with Gasteiger partial charge < -0.3 is 4.90 Å². The summed E-state index contributed by atoms with van der Waals surface area (Å²) in [7, 11) is 3.60. The molecule has 0 saturated heterocycles. The molecule has 1 amide bonds. The van der Waals surface area contributed by atoms with Gasteiger partial charge in [-0.2, -0.15) is 0 Å². The minimum absolute atomic E-state index is 0. The molecule has 16 heavy (non-hydrogen) atoms. The van der Waals surface area contributed by atoms with E-state index in [4.69, 9.17) is 0 Å². The SMILES string of the molecule is C.Cc1ccccc1CC(C)C(=O)N(C)C. The van der Waals surface area contributed by atoms with Crippen molar-refractivity contribution >= 4 is 5.91 Å². The Bertz CT molecular complexity index is 344. The molecule has 1 aromatic carbocycles. The summed E-state index contributed by atoms with van der Waals surface area (Å²) in [6.07, 6.45) is 0.823. The van der Waals surface area contributed by atoms with Gasteiger partial charge in [0, 0.05) is 20.0 Å². The number of carbonyl (C=O) groups is 1. The third-order valence-corrected chi connectivity index (χ3v) is 2.65. The van der Waals surface area contributed by atoms with Crippen LogP contribution in [0.3, 0.4) is 0 Å². The summed E-state index contributed by atoms with van der Waals surface area (Å²) < 4.78 is 0. The second kappa shape index (κ2) is 6.31. The molecule has 0 aromatic heterocycles. The van der Waals surface area contributed by atoms with Crippen LogP contribution < -0.4 is 0 Å². The van der Waals surface area contributed by atoms with E-state index in [9.17, 15) is 4.79 Å². The monoisotopic (exact) mass is 221 g/mol. The Morgan fingerprint density at radius 3 is 2.38 bits per heavy atom. The first kappa shape index (κ1) is 14.7. The first-order valence-electron chi connectivity index (χ1n) is 5.28. The molecular weight excluding hydrogens is 198 g/mol. The molecule has 0 aliphatic carbocycles. The van der Waals surface area contributed by atoms with Crippen LogP contribution in [0.2, 0.25) is 0 Å². The van der Waals surface area contributed by atoms with Gasteiger partial charge in [-0.05, 0) is 24.5 Å². The standard InChI is InChI=1S/C13H19NO.CH4/c1-10-7-5-6-8-12(10)9-11(2)13(15)14(3)4;/h5-8,11H,9H2,1-4H3;1H4. The fourth-order valence-corrected chi connectivity index (χ4v) is 1.70. The number of benzene rings is 1. The number of rotatable bonds is 3. The molecule has 0 radical (unpaired) electrons. The van der Waals surface area contributed by atoms with E-state index in [1.165, 1.54) is 11.1 Å². The van der Waals surface area contributed by atoms with Crippen LogP contribution in [0.1, 0.15) is 25.5 Å². The lowest BCUT2D eigenvalue weighted by molar-refractivity contribution is -0.132. The van der Waals surface area contributed by atoms with Crippen molar-refractivity contribution < 1.29 is 4.79 Å². The van der Waals surface area contributed by atoms with E-state index in [1.807, 2.05) is 19.1 Å². The van der Waals surface area contributed by atoms with Crippen molar-refractivity contribution in [1.82, 2.24) is 4.90 Å². The van der Waals surface area contributed by atoms with Crippen LogP contribution in [0.15, 0.2) is 24.3 Å². The van der Waals surface area contributed by atoms with Crippen LogP contribution in [0.4, 0.5) is 0 Å². The molecule has 2 nitrogen and oxygen atoms in total. The zero-order valence-corrected chi connectivity index (χ0v) is 9.95. The van der Waals surface area contributed by atoms with Gasteiger partial charge in [0.05, 0.1) is 0 Å². The maximum absolute atomic E-state index is 11.7. The Balaban J connectivity index is 0.00000225. The highest BCUT2D eigenvalue weighted by Gasteiger charge is 2.15. The fraction of sp³-hybridized carbons (Fsp3) is 0.500. The van der Waals surface area contributed by atoms with Crippen molar-refractivity contribution in [2.24, 2.45) is 5.92 Å². The summed E-state index contributed by atoms with van der Waals surface area (Å²) >= 11 is 0. The molecule has 0 spiro atoms. The summed E-state index contributed by atoms with van der Waals surface area (Å²) in [5.41, 5.74) is 2.52. The summed E-state index contributed by atoms with van der Waals surface area (Å²) in [6, 6.07) is 8.23. The first-order chi connectivity index (χ1) is 7.02. The maximum Gasteiger partial charge on any atom is 0.225 e. The average Bonchev–Trinajstić information content (AvgIpc) is 2.20. The predicted octanol–water partition coefficient (Wildman–Crippen LogP) is 2.90. The van der Waals surface area contributed by atoms with E-state index in [1.54, 1.807) is 19.0 Å². The van der Waals surface area contributed by atoms with Crippen molar-refractivity contribution in [3.05, 3.63) is 35.4 Å². The molecule has 0 saturated carbocycles. The molecule has 0 aliphatic heterocycles. The van der Waals surface area contributed by atoms with Crippen LogP contribution in [0.25, 0.3) is 0 Å². The summed E-state index contributed by atoms with van der Waals surface area (Å²) in [5.74, 6) is 0.249. The van der Waals surface area contributed by atoms with E-state index in [-0.39, 0.29) is 19.3 Å². The third-order valence-electron chi connectivity index (χ3n) is 2.65. The minimum atomic E-state index is 0. The second-order valence-corrected chi connectivity index (χ2v) is 4.26. The summed E-state index contributed by atoms with van der Waals surface area (Å²) in [5, 5.41) is 0. The first-order valence-corrected chi connectivity index (χ1v) is 5.28. The molecular formula is C14H23NO. The second-order valence-electron chi connectivity index (χ2n) is 4.26. The van der Waals surface area contributed by atoms with Gasteiger partial charge >= 0.3 is 0 Å². The molecule has 0 aliphatic rings. The number of amides is 1. The van der Waals surface area contributed by atoms with Crippen LogP contribution in [0, 0.1) is 12.8 Å². The van der Waals surface area contributed by atoms with E-state index >= 15 is 0 Å². The van der Waals surface area contributed by atoms with E-state index < -0.39 is 0 Å². The summed E-state index contributed by atoms with van der Waals surface area (Å²) in [4.78, 5) is 13.3. The lowest BCUT2D eigenvalue weighted by Crippen LogP contribution is -2.29. The highest BCUT2D eigenvalue weighted by atomic mass is 16.2. The van der Waals surface area contributed by atoms with Crippen LogP contribution >= 0.6 is 0 Å². The van der Waals surface area contributed by atoms with Gasteiger partial charge in [0.15, 0.2) is 0 Å². The van der Waals surface area contributed by atoms with Crippen molar-refractivity contribution in [1.29, 1.82) is 0 Å². The van der Waals surface area contributed by atoms with E-state index in [0.29, 0.717) is 0 Å². The lowest BCUT2D eigenvalue weighted by atomic mass is 9.97. The minimum Gasteiger partial charge on any atom is -0.349 e.